The summed E-state index contributed by atoms with van der Waals surface area (Å²) in [6.07, 6.45) is 0.880. The molecule has 0 spiro atoms. The molecule has 0 saturated heterocycles. The molecular formula is C13H21NO2. The lowest BCUT2D eigenvalue weighted by atomic mass is 10.1. The van der Waals surface area contributed by atoms with E-state index in [9.17, 15) is 5.11 Å². The molecule has 0 unspecified atom stereocenters. The standard InChI is InChI=1S/C13H21NO2/c1-13(2,15)10-14-12-7-5-4-6-11(12)8-9-16-3/h4-7,14-15H,8-10H2,1-3H3. The van der Waals surface area contributed by atoms with E-state index in [2.05, 4.69) is 11.4 Å². The minimum atomic E-state index is -0.700. The Balaban J connectivity index is 2.63. The van der Waals surface area contributed by atoms with Crippen molar-refractivity contribution in [2.45, 2.75) is 25.9 Å². The van der Waals surface area contributed by atoms with Gasteiger partial charge in [0.2, 0.25) is 0 Å². The van der Waals surface area contributed by atoms with Crippen LogP contribution in [0.2, 0.25) is 0 Å². The number of benzene rings is 1. The first-order chi connectivity index (χ1) is 7.53. The van der Waals surface area contributed by atoms with Gasteiger partial charge in [-0.2, -0.15) is 0 Å². The van der Waals surface area contributed by atoms with Gasteiger partial charge in [-0.25, -0.2) is 0 Å². The number of methoxy groups -OCH3 is 1. The monoisotopic (exact) mass is 223 g/mol. The summed E-state index contributed by atoms with van der Waals surface area (Å²) in [7, 11) is 1.70. The highest BCUT2D eigenvalue weighted by Crippen LogP contribution is 2.16. The molecule has 0 aliphatic heterocycles. The van der Waals surface area contributed by atoms with Crippen molar-refractivity contribution in [2.75, 3.05) is 25.6 Å². The predicted octanol–water partition coefficient (Wildman–Crippen LogP) is 2.06. The third kappa shape index (κ3) is 4.64. The lowest BCUT2D eigenvalue weighted by Crippen LogP contribution is -2.29. The number of hydrogen-bond donors (Lipinski definition) is 2. The lowest BCUT2D eigenvalue weighted by molar-refractivity contribution is 0.0945. The van der Waals surface area contributed by atoms with Crippen LogP contribution in [0.3, 0.4) is 0 Å². The molecule has 0 amide bonds. The summed E-state index contributed by atoms with van der Waals surface area (Å²) in [5.41, 5.74) is 1.59. The van der Waals surface area contributed by atoms with Gasteiger partial charge >= 0.3 is 0 Å². The molecule has 0 aliphatic carbocycles. The number of hydrogen-bond acceptors (Lipinski definition) is 3. The van der Waals surface area contributed by atoms with E-state index in [1.165, 1.54) is 5.56 Å². The zero-order valence-corrected chi connectivity index (χ0v) is 10.3. The summed E-state index contributed by atoms with van der Waals surface area (Å²) >= 11 is 0. The Labute approximate surface area is 97.4 Å². The summed E-state index contributed by atoms with van der Waals surface area (Å²) in [6, 6.07) is 8.10. The summed E-state index contributed by atoms with van der Waals surface area (Å²) in [6.45, 7) is 4.83. The van der Waals surface area contributed by atoms with E-state index in [-0.39, 0.29) is 0 Å². The molecule has 2 N–H and O–H groups in total. The first-order valence-electron chi connectivity index (χ1n) is 5.56. The molecule has 16 heavy (non-hydrogen) atoms. The Morgan fingerprint density at radius 2 is 2.00 bits per heavy atom. The molecule has 1 rings (SSSR count). The second kappa shape index (κ2) is 5.87. The maximum atomic E-state index is 9.66. The van der Waals surface area contributed by atoms with E-state index in [0.717, 1.165) is 12.1 Å². The van der Waals surface area contributed by atoms with Crippen molar-refractivity contribution in [3.8, 4) is 0 Å². The van der Waals surface area contributed by atoms with Crippen LogP contribution in [0.15, 0.2) is 24.3 Å². The Bertz CT molecular complexity index is 318. The van der Waals surface area contributed by atoms with Crippen LogP contribution in [0, 0.1) is 0 Å². The number of anilines is 1. The third-order valence-electron chi connectivity index (χ3n) is 2.30. The topological polar surface area (TPSA) is 41.5 Å². The van der Waals surface area contributed by atoms with Gasteiger partial charge in [-0.1, -0.05) is 18.2 Å². The van der Waals surface area contributed by atoms with E-state index >= 15 is 0 Å². The molecule has 0 fully saturated rings. The molecule has 90 valence electrons. The number of ether oxygens (including phenoxy) is 1. The SMILES string of the molecule is COCCc1ccccc1NCC(C)(C)O. The van der Waals surface area contributed by atoms with Gasteiger partial charge in [0.1, 0.15) is 0 Å². The fraction of sp³-hybridized carbons (Fsp3) is 0.538. The molecule has 0 radical (unpaired) electrons. The highest BCUT2D eigenvalue weighted by molar-refractivity contribution is 5.51. The van der Waals surface area contributed by atoms with Crippen LogP contribution in [0.4, 0.5) is 5.69 Å². The third-order valence-corrected chi connectivity index (χ3v) is 2.30. The normalized spacial score (nSPS) is 11.5. The Hall–Kier alpha value is -1.06. The minimum absolute atomic E-state index is 0.539. The van der Waals surface area contributed by atoms with Gasteiger partial charge in [-0.05, 0) is 31.9 Å². The molecule has 0 aliphatic rings. The second-order valence-corrected chi connectivity index (χ2v) is 4.57. The zero-order valence-electron chi connectivity index (χ0n) is 10.3. The van der Waals surface area contributed by atoms with Crippen molar-refractivity contribution >= 4 is 5.69 Å². The zero-order chi connectivity index (χ0) is 12.0. The molecule has 0 atom stereocenters. The number of rotatable bonds is 6. The van der Waals surface area contributed by atoms with E-state index in [0.29, 0.717) is 13.2 Å². The highest BCUT2D eigenvalue weighted by Gasteiger charge is 2.12. The first kappa shape index (κ1) is 13.0. The van der Waals surface area contributed by atoms with Crippen LogP contribution >= 0.6 is 0 Å². The highest BCUT2D eigenvalue weighted by atomic mass is 16.5. The molecule has 0 aromatic heterocycles. The van der Waals surface area contributed by atoms with Crippen molar-refractivity contribution in [1.82, 2.24) is 0 Å². The molecule has 3 nitrogen and oxygen atoms in total. The molecule has 0 bridgehead atoms. The first-order valence-corrected chi connectivity index (χ1v) is 5.56. The van der Waals surface area contributed by atoms with Gasteiger partial charge in [0.05, 0.1) is 12.2 Å². The molecular weight excluding hydrogens is 202 g/mol. The van der Waals surface area contributed by atoms with Crippen molar-refractivity contribution in [2.24, 2.45) is 0 Å². The number of nitrogens with one attached hydrogen (secondary N) is 1. The largest absolute Gasteiger partial charge is 0.389 e. The van der Waals surface area contributed by atoms with Gasteiger partial charge in [-0.3, -0.25) is 0 Å². The quantitative estimate of drug-likeness (QED) is 0.775. The predicted molar refractivity (Wildman–Crippen MR) is 66.8 cm³/mol. The summed E-state index contributed by atoms with van der Waals surface area (Å²) in [4.78, 5) is 0. The minimum Gasteiger partial charge on any atom is -0.389 e. The molecule has 1 aromatic rings. The second-order valence-electron chi connectivity index (χ2n) is 4.57. The number of aliphatic hydroxyl groups is 1. The Morgan fingerprint density at radius 3 is 2.62 bits per heavy atom. The Morgan fingerprint density at radius 1 is 1.31 bits per heavy atom. The van der Waals surface area contributed by atoms with Gasteiger partial charge in [0, 0.05) is 19.3 Å². The van der Waals surface area contributed by atoms with E-state index in [1.54, 1.807) is 21.0 Å². The Kier molecular flexibility index (Phi) is 4.77. The molecule has 0 saturated carbocycles. The van der Waals surface area contributed by atoms with E-state index in [1.807, 2.05) is 18.2 Å². The fourth-order valence-electron chi connectivity index (χ4n) is 1.43. The van der Waals surface area contributed by atoms with E-state index < -0.39 is 5.60 Å². The average molecular weight is 223 g/mol. The molecule has 1 aromatic carbocycles. The fourth-order valence-corrected chi connectivity index (χ4v) is 1.43. The van der Waals surface area contributed by atoms with Crippen LogP contribution in [-0.2, 0) is 11.2 Å². The van der Waals surface area contributed by atoms with E-state index in [4.69, 9.17) is 4.74 Å². The summed E-state index contributed by atoms with van der Waals surface area (Å²) < 4.78 is 5.07. The average Bonchev–Trinajstić information content (AvgIpc) is 2.23. The lowest BCUT2D eigenvalue weighted by Gasteiger charge is -2.20. The summed E-state index contributed by atoms with van der Waals surface area (Å²) in [5.74, 6) is 0. The van der Waals surface area contributed by atoms with Crippen molar-refractivity contribution in [3.05, 3.63) is 29.8 Å². The van der Waals surface area contributed by atoms with Crippen LogP contribution < -0.4 is 5.32 Å². The molecule has 3 heteroatoms. The van der Waals surface area contributed by atoms with Gasteiger partial charge in [0.25, 0.3) is 0 Å². The maximum absolute atomic E-state index is 9.66. The van der Waals surface area contributed by atoms with Gasteiger partial charge in [0.15, 0.2) is 0 Å². The van der Waals surface area contributed by atoms with Crippen LogP contribution in [-0.4, -0.2) is 31.0 Å². The molecule has 0 heterocycles. The smallest absolute Gasteiger partial charge is 0.0763 e. The summed E-state index contributed by atoms with van der Waals surface area (Å²) in [5, 5.41) is 12.9. The van der Waals surface area contributed by atoms with Gasteiger partial charge in [-0.15, -0.1) is 0 Å². The van der Waals surface area contributed by atoms with Crippen molar-refractivity contribution < 1.29 is 9.84 Å². The van der Waals surface area contributed by atoms with Crippen molar-refractivity contribution in [1.29, 1.82) is 0 Å². The van der Waals surface area contributed by atoms with Crippen LogP contribution in [0.25, 0.3) is 0 Å². The maximum Gasteiger partial charge on any atom is 0.0763 e. The van der Waals surface area contributed by atoms with Crippen LogP contribution in [0.1, 0.15) is 19.4 Å². The van der Waals surface area contributed by atoms with Crippen molar-refractivity contribution in [3.63, 3.8) is 0 Å². The number of para-hydroxylation sites is 1. The van der Waals surface area contributed by atoms with Crippen LogP contribution in [0.5, 0.6) is 0 Å². The van der Waals surface area contributed by atoms with Gasteiger partial charge < -0.3 is 15.2 Å².